The van der Waals surface area contributed by atoms with Crippen molar-refractivity contribution in [2.75, 3.05) is 10.6 Å². The smallest absolute Gasteiger partial charge is 0.475 e. The minimum Gasteiger partial charge on any atom is -0.475 e. The number of aromatic nitrogens is 2. The van der Waals surface area contributed by atoms with Gasteiger partial charge >= 0.3 is 18.2 Å². The zero-order valence-electron chi connectivity index (χ0n) is 23.7. The number of hydrogen-bond donors (Lipinski definition) is 3. The highest BCUT2D eigenvalue weighted by atomic mass is 19.4. The molecule has 1 aliphatic heterocycles. The quantitative estimate of drug-likeness (QED) is 0.240. The molecule has 10 nitrogen and oxygen atoms in total. The molecule has 1 fully saturated rings. The number of carbonyl (C=O) groups excluding carboxylic acids is 2. The number of carboxylic acids is 1. The predicted octanol–water partition coefficient (Wildman–Crippen LogP) is 6.07. The van der Waals surface area contributed by atoms with Gasteiger partial charge in [-0.25, -0.2) is 19.6 Å². The van der Waals surface area contributed by atoms with Gasteiger partial charge in [-0.3, -0.25) is 9.20 Å². The fraction of sp³-hybridized carbons (Fsp3) is 0.219. The lowest BCUT2D eigenvalue weighted by atomic mass is 9.85. The van der Waals surface area contributed by atoms with Crippen LogP contribution in [0.15, 0.2) is 84.2 Å². The second-order valence-corrected chi connectivity index (χ2v) is 10.2. The van der Waals surface area contributed by atoms with Gasteiger partial charge in [0, 0.05) is 36.0 Å². The first-order chi connectivity index (χ1) is 21.6. The van der Waals surface area contributed by atoms with E-state index >= 15 is 0 Å². The van der Waals surface area contributed by atoms with E-state index in [4.69, 9.17) is 9.90 Å². The average molecular weight is 617 g/mol. The Kier molecular flexibility index (Phi) is 9.13. The predicted molar refractivity (Wildman–Crippen MR) is 160 cm³/mol. The Balaban J connectivity index is 0.000000515. The second-order valence-electron chi connectivity index (χ2n) is 10.2. The first-order valence-electron chi connectivity index (χ1n) is 14.0. The molecule has 0 bridgehead atoms. The van der Waals surface area contributed by atoms with Gasteiger partial charge < -0.3 is 15.7 Å². The van der Waals surface area contributed by atoms with Gasteiger partial charge in [0.2, 0.25) is 5.91 Å². The number of imidazole rings is 1. The fourth-order valence-electron chi connectivity index (χ4n) is 4.66. The van der Waals surface area contributed by atoms with Crippen molar-refractivity contribution in [3.05, 3.63) is 95.9 Å². The van der Waals surface area contributed by atoms with Crippen molar-refractivity contribution < 1.29 is 32.7 Å². The second kappa shape index (κ2) is 13.3. The summed E-state index contributed by atoms with van der Waals surface area (Å²) >= 11 is 0. The summed E-state index contributed by atoms with van der Waals surface area (Å²) in [5.74, 6) is 3.71. The highest BCUT2D eigenvalue weighted by Gasteiger charge is 2.38. The maximum absolute atomic E-state index is 13.0. The van der Waals surface area contributed by atoms with E-state index in [9.17, 15) is 22.8 Å². The highest BCUT2D eigenvalue weighted by molar-refractivity contribution is 5.96. The van der Waals surface area contributed by atoms with Crippen LogP contribution < -0.4 is 10.6 Å². The van der Waals surface area contributed by atoms with Gasteiger partial charge in [-0.1, -0.05) is 48.7 Å². The van der Waals surface area contributed by atoms with Crippen LogP contribution in [0.3, 0.4) is 0 Å². The third-order valence-electron chi connectivity index (χ3n) is 7.18. The van der Waals surface area contributed by atoms with Crippen LogP contribution in [0.25, 0.3) is 5.65 Å². The molecule has 1 atom stereocenters. The van der Waals surface area contributed by atoms with E-state index in [0.717, 1.165) is 30.4 Å². The van der Waals surface area contributed by atoms with Crippen LogP contribution in [0, 0.1) is 17.8 Å². The molecule has 1 unspecified atom stereocenters. The number of alkyl halides is 3. The Bertz CT molecular complexity index is 1810. The molecule has 3 N–H and O–H groups in total. The summed E-state index contributed by atoms with van der Waals surface area (Å²) in [5.41, 5.74) is 4.46. The van der Waals surface area contributed by atoms with Gasteiger partial charge in [-0.2, -0.15) is 18.3 Å². The molecule has 3 amide bonds. The Hall–Kier alpha value is -5.64. The molecule has 2 aromatic heterocycles. The molecular formula is C32H27F3N6O4. The van der Waals surface area contributed by atoms with Crippen molar-refractivity contribution in [2.24, 2.45) is 11.0 Å². The van der Waals surface area contributed by atoms with Gasteiger partial charge in [0.1, 0.15) is 5.69 Å². The molecule has 2 aromatic carbocycles. The van der Waals surface area contributed by atoms with Crippen molar-refractivity contribution in [3.8, 4) is 11.8 Å². The summed E-state index contributed by atoms with van der Waals surface area (Å²) in [7, 11) is 0. The molecular weight excluding hydrogens is 589 g/mol. The zero-order chi connectivity index (χ0) is 32.0. The SMILES string of the molecule is O=C(Nc1cccn2c(C#Cc3cccc(NC(=O)N4N=CCC4c4ccccc4)c3)cnc12)C1CCC1.O=C(O)C(F)(F)F. The number of urea groups is 1. The van der Waals surface area contributed by atoms with Gasteiger partial charge in [0.05, 0.1) is 17.9 Å². The molecule has 1 aliphatic carbocycles. The number of carbonyl (C=O) groups is 3. The minimum absolute atomic E-state index is 0.0496. The molecule has 0 spiro atoms. The van der Waals surface area contributed by atoms with Crippen LogP contribution in [0.5, 0.6) is 0 Å². The van der Waals surface area contributed by atoms with Crippen molar-refractivity contribution in [2.45, 2.75) is 37.9 Å². The van der Waals surface area contributed by atoms with E-state index in [2.05, 4.69) is 32.6 Å². The molecule has 0 saturated heterocycles. The molecule has 45 heavy (non-hydrogen) atoms. The Labute approximate surface area is 255 Å². The van der Waals surface area contributed by atoms with Gasteiger partial charge in [-0.05, 0) is 54.7 Å². The molecule has 4 aromatic rings. The van der Waals surface area contributed by atoms with E-state index in [-0.39, 0.29) is 23.9 Å². The molecule has 1 saturated carbocycles. The normalized spacial score (nSPS) is 15.7. The summed E-state index contributed by atoms with van der Waals surface area (Å²) in [4.78, 5) is 38.8. The lowest BCUT2D eigenvalue weighted by Gasteiger charge is -2.24. The number of pyridine rings is 1. The number of nitrogens with one attached hydrogen (secondary N) is 2. The van der Waals surface area contributed by atoms with E-state index in [1.54, 1.807) is 12.4 Å². The highest BCUT2D eigenvalue weighted by Crippen LogP contribution is 2.29. The molecule has 6 rings (SSSR count). The number of carboxylic acid groups (broad SMARTS) is 1. The van der Waals surface area contributed by atoms with E-state index in [1.165, 1.54) is 5.01 Å². The van der Waals surface area contributed by atoms with Crippen LogP contribution in [-0.2, 0) is 9.59 Å². The van der Waals surface area contributed by atoms with Crippen LogP contribution in [0.1, 0.15) is 48.5 Å². The van der Waals surface area contributed by atoms with E-state index < -0.39 is 12.1 Å². The molecule has 0 radical (unpaired) electrons. The van der Waals surface area contributed by atoms with Gasteiger partial charge in [0.25, 0.3) is 0 Å². The van der Waals surface area contributed by atoms with Crippen LogP contribution >= 0.6 is 0 Å². The topological polar surface area (TPSA) is 128 Å². The minimum atomic E-state index is -5.08. The molecule has 13 heteroatoms. The third-order valence-corrected chi connectivity index (χ3v) is 7.18. The number of hydrazone groups is 1. The van der Waals surface area contributed by atoms with Crippen molar-refractivity contribution in [1.29, 1.82) is 0 Å². The summed E-state index contributed by atoms with van der Waals surface area (Å²) < 4.78 is 33.6. The Morgan fingerprint density at radius 2 is 1.71 bits per heavy atom. The van der Waals surface area contributed by atoms with Crippen molar-refractivity contribution in [3.63, 3.8) is 0 Å². The number of anilines is 2. The number of halogens is 3. The van der Waals surface area contributed by atoms with Crippen LogP contribution in [0.4, 0.5) is 29.3 Å². The number of nitrogens with zero attached hydrogens (tertiary/aromatic N) is 4. The largest absolute Gasteiger partial charge is 0.490 e. The number of aliphatic carboxylic acids is 1. The third kappa shape index (κ3) is 7.48. The number of benzene rings is 2. The molecule has 3 heterocycles. The standard InChI is InChI=1S/C30H26N6O2.C2HF3O2/c37-29(23-10-5-11-23)34-26-13-6-18-35-25(20-31-28(26)35)15-14-21-7-4-12-24(19-21)33-30(38)36-27(16-17-32-36)22-8-2-1-3-9-22;3-2(4,5)1(6)7/h1-4,6-9,12-13,17-20,23,27H,5,10-11,16H2,(H,33,38)(H,34,37);(H,6,7). The molecule has 2 aliphatic rings. The number of rotatable bonds is 4. The summed E-state index contributed by atoms with van der Waals surface area (Å²) in [6.45, 7) is 0. The summed E-state index contributed by atoms with van der Waals surface area (Å²) in [6, 6.07) is 20.6. The van der Waals surface area contributed by atoms with Crippen LogP contribution in [0.2, 0.25) is 0 Å². The fourth-order valence-corrected chi connectivity index (χ4v) is 4.66. The lowest BCUT2D eigenvalue weighted by molar-refractivity contribution is -0.192. The lowest BCUT2D eigenvalue weighted by Crippen LogP contribution is -2.31. The number of amides is 3. The molecule has 230 valence electrons. The van der Waals surface area contributed by atoms with Gasteiger partial charge in [-0.15, -0.1) is 0 Å². The summed E-state index contributed by atoms with van der Waals surface area (Å²) in [6.07, 6.45) is 3.92. The zero-order valence-corrected chi connectivity index (χ0v) is 23.7. The maximum Gasteiger partial charge on any atom is 0.490 e. The van der Waals surface area contributed by atoms with E-state index in [1.807, 2.05) is 77.3 Å². The monoisotopic (exact) mass is 616 g/mol. The van der Waals surface area contributed by atoms with Crippen molar-refractivity contribution >= 4 is 41.1 Å². The van der Waals surface area contributed by atoms with Crippen molar-refractivity contribution in [1.82, 2.24) is 14.4 Å². The summed E-state index contributed by atoms with van der Waals surface area (Å²) in [5, 5.41) is 18.8. The Morgan fingerprint density at radius 1 is 0.956 bits per heavy atom. The Morgan fingerprint density at radius 3 is 2.40 bits per heavy atom. The number of hydrogen-bond acceptors (Lipinski definition) is 5. The number of fused-ring (bicyclic) bond motifs is 1. The van der Waals surface area contributed by atoms with E-state index in [0.29, 0.717) is 29.1 Å². The average Bonchev–Trinajstić information content (AvgIpc) is 3.64. The maximum atomic E-state index is 13.0. The first kappa shape index (κ1) is 30.8. The first-order valence-corrected chi connectivity index (χ1v) is 14.0. The van der Waals surface area contributed by atoms with Crippen LogP contribution in [-0.4, -0.2) is 49.8 Å². The van der Waals surface area contributed by atoms with Gasteiger partial charge in [0.15, 0.2) is 5.65 Å².